The fourth-order valence-corrected chi connectivity index (χ4v) is 2.71. The Balaban J connectivity index is 1.48. The molecule has 7 nitrogen and oxygen atoms in total. The Morgan fingerprint density at radius 3 is 2.62 bits per heavy atom. The van der Waals surface area contributed by atoms with Crippen molar-refractivity contribution in [3.63, 3.8) is 0 Å². The van der Waals surface area contributed by atoms with Crippen LogP contribution in [0.3, 0.4) is 0 Å². The van der Waals surface area contributed by atoms with Crippen molar-refractivity contribution >= 4 is 34.9 Å². The first-order valence-electron chi connectivity index (χ1n) is 7.86. The summed E-state index contributed by atoms with van der Waals surface area (Å²) in [6.45, 7) is 2.80. The van der Waals surface area contributed by atoms with Crippen molar-refractivity contribution in [3.05, 3.63) is 63.9 Å². The number of carbonyl (C=O) groups is 1. The van der Waals surface area contributed by atoms with Crippen LogP contribution < -0.4 is 10.6 Å². The van der Waals surface area contributed by atoms with E-state index >= 15 is 0 Å². The molecule has 1 amide bonds. The van der Waals surface area contributed by atoms with Gasteiger partial charge in [-0.2, -0.15) is 5.10 Å². The molecule has 9 heteroatoms. The lowest BCUT2D eigenvalue weighted by molar-refractivity contribution is 0.0955. The summed E-state index contributed by atoms with van der Waals surface area (Å²) in [6, 6.07) is 10.3. The number of amides is 1. The Labute approximate surface area is 160 Å². The third-order valence-corrected chi connectivity index (χ3v) is 4.05. The van der Waals surface area contributed by atoms with Crippen LogP contribution in [0.4, 0.5) is 5.82 Å². The molecule has 0 aliphatic heterocycles. The van der Waals surface area contributed by atoms with E-state index in [0.29, 0.717) is 40.3 Å². The minimum atomic E-state index is -0.260. The number of aryl methyl sites for hydroxylation is 1. The molecule has 0 bridgehead atoms. The molecule has 0 spiro atoms. The SMILES string of the molecule is Cc1ccn(-c2ccc(NCCNC(=O)c3ccc(Cl)cc3Cl)nn2)n1. The van der Waals surface area contributed by atoms with Crippen LogP contribution in [0.1, 0.15) is 16.1 Å². The number of benzene rings is 1. The molecule has 0 atom stereocenters. The first kappa shape index (κ1) is 18.2. The standard InChI is InChI=1S/C17H16Cl2N6O/c1-11-6-9-25(24-11)16-5-4-15(22-23-16)20-7-8-21-17(26)13-3-2-12(18)10-14(13)19/h2-6,9-10H,7-8H2,1H3,(H,20,22)(H,21,26). The maximum Gasteiger partial charge on any atom is 0.252 e. The molecule has 0 saturated heterocycles. The highest BCUT2D eigenvalue weighted by molar-refractivity contribution is 6.36. The van der Waals surface area contributed by atoms with E-state index in [-0.39, 0.29) is 5.91 Å². The predicted octanol–water partition coefficient (Wildman–Crippen LogP) is 3.12. The van der Waals surface area contributed by atoms with E-state index in [1.807, 2.05) is 25.3 Å². The molecule has 26 heavy (non-hydrogen) atoms. The minimum absolute atomic E-state index is 0.260. The van der Waals surface area contributed by atoms with Crippen LogP contribution in [0.25, 0.3) is 5.82 Å². The van der Waals surface area contributed by atoms with E-state index in [1.165, 1.54) is 6.07 Å². The number of anilines is 1. The third-order valence-electron chi connectivity index (χ3n) is 3.50. The van der Waals surface area contributed by atoms with Crippen molar-refractivity contribution in [1.29, 1.82) is 0 Å². The number of hydrogen-bond acceptors (Lipinski definition) is 5. The van der Waals surface area contributed by atoms with Gasteiger partial charge in [-0.1, -0.05) is 23.2 Å². The van der Waals surface area contributed by atoms with Gasteiger partial charge in [0.05, 0.1) is 16.3 Å². The molecule has 3 rings (SSSR count). The quantitative estimate of drug-likeness (QED) is 0.631. The van der Waals surface area contributed by atoms with Gasteiger partial charge in [0.15, 0.2) is 5.82 Å². The summed E-state index contributed by atoms with van der Waals surface area (Å²) in [5.74, 6) is 0.981. The van der Waals surface area contributed by atoms with Crippen molar-refractivity contribution < 1.29 is 4.79 Å². The maximum atomic E-state index is 12.1. The Morgan fingerprint density at radius 1 is 1.12 bits per heavy atom. The zero-order valence-electron chi connectivity index (χ0n) is 13.9. The average molecular weight is 391 g/mol. The monoisotopic (exact) mass is 390 g/mol. The molecular formula is C17H16Cl2N6O. The van der Waals surface area contributed by atoms with Crippen LogP contribution in [0.2, 0.25) is 10.0 Å². The van der Waals surface area contributed by atoms with E-state index in [2.05, 4.69) is 25.9 Å². The van der Waals surface area contributed by atoms with Gasteiger partial charge in [-0.3, -0.25) is 4.79 Å². The minimum Gasteiger partial charge on any atom is -0.367 e. The van der Waals surface area contributed by atoms with Gasteiger partial charge < -0.3 is 10.6 Å². The largest absolute Gasteiger partial charge is 0.367 e. The molecular weight excluding hydrogens is 375 g/mol. The first-order valence-corrected chi connectivity index (χ1v) is 8.62. The summed E-state index contributed by atoms with van der Waals surface area (Å²) in [6.07, 6.45) is 1.82. The number of hydrogen-bond donors (Lipinski definition) is 2. The lowest BCUT2D eigenvalue weighted by Crippen LogP contribution is -2.29. The molecule has 2 heterocycles. The average Bonchev–Trinajstić information content (AvgIpc) is 3.05. The van der Waals surface area contributed by atoms with Gasteiger partial charge in [-0.15, -0.1) is 10.2 Å². The van der Waals surface area contributed by atoms with Gasteiger partial charge in [-0.05, 0) is 43.3 Å². The van der Waals surface area contributed by atoms with Gasteiger partial charge in [0.1, 0.15) is 5.82 Å². The van der Waals surface area contributed by atoms with Crippen LogP contribution >= 0.6 is 23.2 Å². The second kappa shape index (κ2) is 8.16. The third kappa shape index (κ3) is 4.50. The molecule has 0 saturated carbocycles. The molecule has 3 aromatic rings. The van der Waals surface area contributed by atoms with Crippen LogP contribution in [0.15, 0.2) is 42.6 Å². The van der Waals surface area contributed by atoms with E-state index < -0.39 is 0 Å². The summed E-state index contributed by atoms with van der Waals surface area (Å²) < 4.78 is 1.65. The van der Waals surface area contributed by atoms with Gasteiger partial charge in [-0.25, -0.2) is 4.68 Å². The Morgan fingerprint density at radius 2 is 1.96 bits per heavy atom. The highest BCUT2D eigenvalue weighted by Gasteiger charge is 2.10. The number of halogens is 2. The summed E-state index contributed by atoms with van der Waals surface area (Å²) in [4.78, 5) is 12.1. The van der Waals surface area contributed by atoms with Gasteiger partial charge in [0, 0.05) is 24.3 Å². The van der Waals surface area contributed by atoms with E-state index in [9.17, 15) is 4.79 Å². The normalized spacial score (nSPS) is 10.6. The van der Waals surface area contributed by atoms with Crippen LogP contribution in [-0.4, -0.2) is 39.0 Å². The van der Waals surface area contributed by atoms with E-state index in [4.69, 9.17) is 23.2 Å². The Bertz CT molecular complexity index is 910. The number of carbonyl (C=O) groups excluding carboxylic acids is 1. The summed E-state index contributed by atoms with van der Waals surface area (Å²) in [7, 11) is 0. The second-order valence-corrected chi connectivity index (χ2v) is 6.33. The number of nitrogens with zero attached hydrogens (tertiary/aromatic N) is 4. The van der Waals surface area contributed by atoms with E-state index in [1.54, 1.807) is 22.9 Å². The Kier molecular flexibility index (Phi) is 5.70. The molecule has 0 radical (unpaired) electrons. The van der Waals surface area contributed by atoms with Crippen LogP contribution in [-0.2, 0) is 0 Å². The zero-order valence-corrected chi connectivity index (χ0v) is 15.4. The smallest absolute Gasteiger partial charge is 0.252 e. The number of nitrogens with one attached hydrogen (secondary N) is 2. The molecule has 0 aliphatic carbocycles. The fourth-order valence-electron chi connectivity index (χ4n) is 2.22. The summed E-state index contributed by atoms with van der Waals surface area (Å²) >= 11 is 11.8. The fraction of sp³-hybridized carbons (Fsp3) is 0.176. The van der Waals surface area contributed by atoms with Crippen molar-refractivity contribution in [3.8, 4) is 5.82 Å². The van der Waals surface area contributed by atoms with E-state index in [0.717, 1.165) is 5.69 Å². The number of rotatable bonds is 6. The molecule has 0 aliphatic rings. The molecule has 2 N–H and O–H groups in total. The molecule has 1 aromatic carbocycles. The maximum absolute atomic E-state index is 12.1. The van der Waals surface area contributed by atoms with Crippen molar-refractivity contribution in [2.75, 3.05) is 18.4 Å². The lowest BCUT2D eigenvalue weighted by Gasteiger charge is -2.08. The van der Waals surface area contributed by atoms with Crippen LogP contribution in [0.5, 0.6) is 0 Å². The van der Waals surface area contributed by atoms with Crippen molar-refractivity contribution in [2.24, 2.45) is 0 Å². The molecule has 0 fully saturated rings. The van der Waals surface area contributed by atoms with Crippen molar-refractivity contribution in [2.45, 2.75) is 6.92 Å². The second-order valence-electron chi connectivity index (χ2n) is 5.49. The number of aromatic nitrogens is 4. The predicted molar refractivity (Wildman–Crippen MR) is 101 cm³/mol. The summed E-state index contributed by atoms with van der Waals surface area (Å²) in [5, 5.41) is 19.2. The first-order chi connectivity index (χ1) is 12.5. The molecule has 0 unspecified atom stereocenters. The highest BCUT2D eigenvalue weighted by Crippen LogP contribution is 2.20. The van der Waals surface area contributed by atoms with Gasteiger partial charge in [0.25, 0.3) is 5.91 Å². The van der Waals surface area contributed by atoms with Gasteiger partial charge in [0.2, 0.25) is 0 Å². The topological polar surface area (TPSA) is 84.7 Å². The highest BCUT2D eigenvalue weighted by atomic mass is 35.5. The van der Waals surface area contributed by atoms with Crippen molar-refractivity contribution in [1.82, 2.24) is 25.3 Å². The summed E-state index contributed by atoms with van der Waals surface area (Å²) in [5.41, 5.74) is 1.29. The van der Waals surface area contributed by atoms with Crippen LogP contribution in [0, 0.1) is 6.92 Å². The molecule has 134 valence electrons. The molecule has 2 aromatic heterocycles. The zero-order chi connectivity index (χ0) is 18.5. The Hall–Kier alpha value is -2.64. The van der Waals surface area contributed by atoms with Gasteiger partial charge >= 0.3 is 0 Å². The lowest BCUT2D eigenvalue weighted by atomic mass is 10.2.